The van der Waals surface area contributed by atoms with Crippen LogP contribution in [0.3, 0.4) is 0 Å². The van der Waals surface area contributed by atoms with Gasteiger partial charge in [-0.1, -0.05) is 6.58 Å². The Morgan fingerprint density at radius 3 is 2.42 bits per heavy atom. The zero-order valence-corrected chi connectivity index (χ0v) is 10.5. The van der Waals surface area contributed by atoms with Gasteiger partial charge in [-0.3, -0.25) is 0 Å². The maximum atomic E-state index is 10.8. The van der Waals surface area contributed by atoms with E-state index in [0.717, 1.165) is 6.08 Å². The molecular weight excluding hydrogens is 256 g/mol. The standard InChI is InChI=1S/C12H20O7/c1-2-9(14)18-5-3-4-7-10(15)12(17)11(16)8(6-13)19-7/h2,7-8,10-13,15-17H,1,3-6H2/t7?,8-,10+,11-,12-/m1/s1. The molecule has 1 unspecified atom stereocenters. The number of esters is 1. The van der Waals surface area contributed by atoms with E-state index in [1.807, 2.05) is 0 Å². The van der Waals surface area contributed by atoms with Crippen molar-refractivity contribution in [3.63, 3.8) is 0 Å². The zero-order chi connectivity index (χ0) is 14.4. The van der Waals surface area contributed by atoms with E-state index < -0.39 is 43.1 Å². The van der Waals surface area contributed by atoms with Gasteiger partial charge in [0.25, 0.3) is 0 Å². The van der Waals surface area contributed by atoms with Crippen LogP contribution in [0.2, 0.25) is 0 Å². The molecule has 19 heavy (non-hydrogen) atoms. The molecule has 1 rings (SSSR count). The largest absolute Gasteiger partial charge is 0.463 e. The van der Waals surface area contributed by atoms with Crippen LogP contribution < -0.4 is 0 Å². The summed E-state index contributed by atoms with van der Waals surface area (Å²) in [6.45, 7) is 2.94. The highest BCUT2D eigenvalue weighted by Crippen LogP contribution is 2.23. The molecule has 1 heterocycles. The van der Waals surface area contributed by atoms with E-state index in [0.29, 0.717) is 12.8 Å². The van der Waals surface area contributed by atoms with E-state index in [9.17, 15) is 20.1 Å². The highest BCUT2D eigenvalue weighted by atomic mass is 16.5. The van der Waals surface area contributed by atoms with Gasteiger partial charge < -0.3 is 29.9 Å². The van der Waals surface area contributed by atoms with Crippen molar-refractivity contribution < 1.29 is 34.7 Å². The van der Waals surface area contributed by atoms with Crippen LogP contribution in [0.5, 0.6) is 0 Å². The minimum Gasteiger partial charge on any atom is -0.463 e. The lowest BCUT2D eigenvalue weighted by atomic mass is 9.93. The topological polar surface area (TPSA) is 116 Å². The summed E-state index contributed by atoms with van der Waals surface area (Å²) >= 11 is 0. The van der Waals surface area contributed by atoms with Crippen LogP contribution in [-0.4, -0.2) is 70.1 Å². The molecule has 7 heteroatoms. The summed E-state index contributed by atoms with van der Waals surface area (Å²) in [5, 5.41) is 37.9. The monoisotopic (exact) mass is 276 g/mol. The van der Waals surface area contributed by atoms with Crippen LogP contribution in [-0.2, 0) is 14.3 Å². The molecule has 1 saturated heterocycles. The summed E-state index contributed by atoms with van der Waals surface area (Å²) < 4.78 is 10.1. The van der Waals surface area contributed by atoms with E-state index >= 15 is 0 Å². The Morgan fingerprint density at radius 1 is 1.21 bits per heavy atom. The van der Waals surface area contributed by atoms with Crippen LogP contribution in [0, 0.1) is 0 Å². The van der Waals surface area contributed by atoms with Crippen LogP contribution in [0.15, 0.2) is 12.7 Å². The fraction of sp³-hybridized carbons (Fsp3) is 0.750. The number of carbonyl (C=O) groups is 1. The first kappa shape index (κ1) is 16.1. The number of hydrogen-bond acceptors (Lipinski definition) is 7. The van der Waals surface area contributed by atoms with Crippen molar-refractivity contribution in [3.05, 3.63) is 12.7 Å². The van der Waals surface area contributed by atoms with Crippen molar-refractivity contribution in [3.8, 4) is 0 Å². The second kappa shape index (κ2) is 7.56. The molecule has 0 aromatic carbocycles. The summed E-state index contributed by atoms with van der Waals surface area (Å²) in [6, 6.07) is 0. The lowest BCUT2D eigenvalue weighted by Crippen LogP contribution is -2.58. The first-order valence-corrected chi connectivity index (χ1v) is 6.11. The van der Waals surface area contributed by atoms with Gasteiger partial charge in [0.05, 0.1) is 19.3 Å². The maximum Gasteiger partial charge on any atom is 0.330 e. The van der Waals surface area contributed by atoms with Gasteiger partial charge in [0.15, 0.2) is 0 Å². The van der Waals surface area contributed by atoms with Gasteiger partial charge in [-0.05, 0) is 12.8 Å². The van der Waals surface area contributed by atoms with Gasteiger partial charge in [0, 0.05) is 6.08 Å². The Bertz CT molecular complexity index is 304. The highest BCUT2D eigenvalue weighted by Gasteiger charge is 2.42. The third kappa shape index (κ3) is 4.26. The van der Waals surface area contributed by atoms with Crippen molar-refractivity contribution >= 4 is 5.97 Å². The molecule has 4 N–H and O–H groups in total. The molecule has 1 fully saturated rings. The molecule has 0 amide bonds. The van der Waals surface area contributed by atoms with E-state index in [4.69, 9.17) is 14.6 Å². The van der Waals surface area contributed by atoms with Crippen molar-refractivity contribution in [2.45, 2.75) is 43.4 Å². The minimum atomic E-state index is -1.37. The third-order valence-corrected chi connectivity index (χ3v) is 3.04. The Balaban J connectivity index is 2.39. The molecule has 7 nitrogen and oxygen atoms in total. The number of aliphatic hydroxyl groups is 4. The van der Waals surface area contributed by atoms with Gasteiger partial charge in [-0.15, -0.1) is 0 Å². The third-order valence-electron chi connectivity index (χ3n) is 3.04. The van der Waals surface area contributed by atoms with Crippen LogP contribution in [0.4, 0.5) is 0 Å². The first-order chi connectivity index (χ1) is 9.01. The van der Waals surface area contributed by atoms with Gasteiger partial charge in [0.1, 0.15) is 24.4 Å². The summed E-state index contributed by atoms with van der Waals surface area (Å²) in [7, 11) is 0. The summed E-state index contributed by atoms with van der Waals surface area (Å²) in [6.07, 6.45) is -3.80. The molecule has 0 spiro atoms. The molecule has 0 aromatic rings. The van der Waals surface area contributed by atoms with Gasteiger partial charge >= 0.3 is 5.97 Å². The van der Waals surface area contributed by atoms with Crippen LogP contribution in [0.1, 0.15) is 12.8 Å². The SMILES string of the molecule is C=CC(=O)OCCCC1O[C@H](CO)[C@@H](O)[C@H](O)[C@H]1O. The molecule has 0 aromatic heterocycles. The molecule has 1 aliphatic heterocycles. The second-order valence-corrected chi connectivity index (χ2v) is 4.38. The first-order valence-electron chi connectivity index (χ1n) is 6.11. The molecule has 0 radical (unpaired) electrons. The van der Waals surface area contributed by atoms with Crippen molar-refractivity contribution in [2.24, 2.45) is 0 Å². The lowest BCUT2D eigenvalue weighted by Gasteiger charge is -2.40. The summed E-state index contributed by atoms with van der Waals surface area (Å²) in [4.78, 5) is 10.8. The van der Waals surface area contributed by atoms with Crippen LogP contribution in [0.25, 0.3) is 0 Å². The second-order valence-electron chi connectivity index (χ2n) is 4.38. The number of carbonyl (C=O) groups excluding carboxylic acids is 1. The van der Waals surface area contributed by atoms with E-state index in [1.54, 1.807) is 0 Å². The molecule has 5 atom stereocenters. The number of ether oxygens (including phenoxy) is 2. The molecule has 0 aliphatic carbocycles. The van der Waals surface area contributed by atoms with E-state index in [1.165, 1.54) is 0 Å². The van der Waals surface area contributed by atoms with Crippen molar-refractivity contribution in [1.29, 1.82) is 0 Å². The lowest BCUT2D eigenvalue weighted by molar-refractivity contribution is -0.230. The Hall–Kier alpha value is -0.990. The molecule has 0 bridgehead atoms. The highest BCUT2D eigenvalue weighted by molar-refractivity contribution is 5.81. The van der Waals surface area contributed by atoms with E-state index in [2.05, 4.69) is 6.58 Å². The van der Waals surface area contributed by atoms with Crippen molar-refractivity contribution in [2.75, 3.05) is 13.2 Å². The molecule has 1 aliphatic rings. The predicted octanol–water partition coefficient (Wildman–Crippen LogP) is -1.66. The predicted molar refractivity (Wildman–Crippen MR) is 64.2 cm³/mol. The number of hydrogen-bond donors (Lipinski definition) is 4. The summed E-state index contributed by atoms with van der Waals surface area (Å²) in [5.74, 6) is -0.534. The quantitative estimate of drug-likeness (QED) is 0.260. The fourth-order valence-corrected chi connectivity index (χ4v) is 1.93. The van der Waals surface area contributed by atoms with E-state index in [-0.39, 0.29) is 6.61 Å². The average molecular weight is 276 g/mol. The minimum absolute atomic E-state index is 0.139. The Morgan fingerprint density at radius 2 is 1.84 bits per heavy atom. The zero-order valence-electron chi connectivity index (χ0n) is 10.5. The number of rotatable bonds is 6. The normalized spacial score (nSPS) is 34.8. The van der Waals surface area contributed by atoms with Gasteiger partial charge in [-0.25, -0.2) is 4.79 Å². The maximum absolute atomic E-state index is 10.8. The molecule has 110 valence electrons. The van der Waals surface area contributed by atoms with Gasteiger partial charge in [0.2, 0.25) is 0 Å². The molecular formula is C12H20O7. The van der Waals surface area contributed by atoms with Crippen LogP contribution >= 0.6 is 0 Å². The summed E-state index contributed by atoms with van der Waals surface area (Å²) in [5.41, 5.74) is 0. The fourth-order valence-electron chi connectivity index (χ4n) is 1.93. The van der Waals surface area contributed by atoms with Gasteiger partial charge in [-0.2, -0.15) is 0 Å². The Labute approximate surface area is 111 Å². The molecule has 0 saturated carbocycles. The number of aliphatic hydroxyl groups excluding tert-OH is 4. The van der Waals surface area contributed by atoms with Crippen molar-refractivity contribution in [1.82, 2.24) is 0 Å². The Kier molecular flexibility index (Phi) is 6.40. The smallest absolute Gasteiger partial charge is 0.330 e. The average Bonchev–Trinajstić information content (AvgIpc) is 2.42.